The summed E-state index contributed by atoms with van der Waals surface area (Å²) in [5.41, 5.74) is 3.96. The second kappa shape index (κ2) is 14.9. The fraction of sp³-hybridized carbons (Fsp3) is 0.303. The molecule has 0 amide bonds. The lowest BCUT2D eigenvalue weighted by Crippen LogP contribution is -2.22. The zero-order chi connectivity index (χ0) is 30.1. The Bertz CT molecular complexity index is 1430. The highest BCUT2D eigenvalue weighted by Gasteiger charge is 2.25. The van der Waals surface area contributed by atoms with Crippen molar-refractivity contribution < 1.29 is 24.5 Å². The smallest absolute Gasteiger partial charge is 0.335 e. The van der Waals surface area contributed by atoms with Gasteiger partial charge in [-0.2, -0.15) is 5.10 Å². The van der Waals surface area contributed by atoms with Gasteiger partial charge in [-0.1, -0.05) is 72.1 Å². The number of carboxylic acids is 2. The first-order valence-electron chi connectivity index (χ1n) is 13.9. The van der Waals surface area contributed by atoms with E-state index in [2.05, 4.69) is 13.0 Å². The van der Waals surface area contributed by atoms with Gasteiger partial charge in [0, 0.05) is 28.5 Å². The summed E-state index contributed by atoms with van der Waals surface area (Å²) >= 11 is 12.4. The first kappa shape index (κ1) is 31.1. The molecule has 0 fully saturated rings. The lowest BCUT2D eigenvalue weighted by molar-refractivity contribution is -0.137. The van der Waals surface area contributed by atoms with Crippen LogP contribution in [0.15, 0.2) is 77.9 Å². The number of benzene rings is 3. The number of rotatable bonds is 14. The van der Waals surface area contributed by atoms with Crippen molar-refractivity contribution in [2.75, 3.05) is 11.6 Å². The van der Waals surface area contributed by atoms with Crippen molar-refractivity contribution in [1.29, 1.82) is 0 Å². The van der Waals surface area contributed by atoms with E-state index in [1.165, 1.54) is 0 Å². The number of allylic oxidation sites excluding steroid dienone is 1. The van der Waals surface area contributed by atoms with Gasteiger partial charge in [0.1, 0.15) is 12.4 Å². The van der Waals surface area contributed by atoms with E-state index in [0.717, 1.165) is 47.5 Å². The molecular weight excluding hydrogens is 575 g/mol. The molecule has 0 spiro atoms. The molecule has 3 aromatic carbocycles. The predicted molar refractivity (Wildman–Crippen MR) is 168 cm³/mol. The van der Waals surface area contributed by atoms with Gasteiger partial charge in [0.15, 0.2) is 0 Å². The van der Waals surface area contributed by atoms with Gasteiger partial charge >= 0.3 is 11.9 Å². The zero-order valence-corrected chi connectivity index (χ0v) is 24.9. The average molecular weight is 610 g/mol. The van der Waals surface area contributed by atoms with Crippen LogP contribution < -0.4 is 9.75 Å². The van der Waals surface area contributed by atoms with E-state index in [-0.39, 0.29) is 23.9 Å². The molecular formula is C33H34Cl2N2O5. The number of ether oxygens (including phenoxy) is 1. The fourth-order valence-electron chi connectivity index (χ4n) is 4.98. The minimum atomic E-state index is -0.956. The summed E-state index contributed by atoms with van der Waals surface area (Å²) in [6, 6.07) is 20.2. The SMILES string of the molecule is CC1CC(COc2ccccc2/C=C/C(CCCCC(=O)O)Cc2ccc(C(=O)O)cc2)=NN1c1cc(Cl)cc(Cl)c1. The molecule has 0 saturated carbocycles. The summed E-state index contributed by atoms with van der Waals surface area (Å²) in [4.78, 5) is 22.2. The monoisotopic (exact) mass is 608 g/mol. The molecule has 0 saturated heterocycles. The standard InChI is InChI=1S/C33H34Cl2N2O5/c1-22-16-29(36-37(22)30-19-27(34)18-28(35)20-30)21-42-31-8-4-3-7-25(31)13-10-23(6-2-5-9-32(38)39)17-24-11-14-26(15-12-24)33(40)41/h3-4,7-8,10-15,18-20,22-23H,2,5-6,9,16-17,21H2,1H3,(H,38,39)(H,40,41)/b13-10+. The summed E-state index contributed by atoms with van der Waals surface area (Å²) in [7, 11) is 0. The van der Waals surface area contributed by atoms with Gasteiger partial charge in [-0.25, -0.2) is 4.79 Å². The lowest BCUT2D eigenvalue weighted by Gasteiger charge is -2.20. The number of hydrazone groups is 1. The maximum atomic E-state index is 11.2. The highest BCUT2D eigenvalue weighted by molar-refractivity contribution is 6.35. The zero-order valence-electron chi connectivity index (χ0n) is 23.4. The molecule has 4 rings (SSSR count). The molecule has 1 aliphatic rings. The Balaban J connectivity index is 1.44. The number of para-hydroxylation sites is 1. The van der Waals surface area contributed by atoms with Crippen molar-refractivity contribution in [2.45, 2.75) is 51.5 Å². The Morgan fingerprint density at radius 2 is 1.76 bits per heavy atom. The molecule has 220 valence electrons. The van der Waals surface area contributed by atoms with Crippen LogP contribution in [-0.4, -0.2) is 40.5 Å². The van der Waals surface area contributed by atoms with Gasteiger partial charge in [0.05, 0.1) is 23.0 Å². The normalized spacial score (nSPS) is 15.5. The Hall–Kier alpha value is -3.81. The van der Waals surface area contributed by atoms with Crippen molar-refractivity contribution in [2.24, 2.45) is 11.0 Å². The van der Waals surface area contributed by atoms with Crippen molar-refractivity contribution in [3.8, 4) is 5.75 Å². The number of aliphatic carboxylic acids is 1. The molecule has 2 N–H and O–H groups in total. The van der Waals surface area contributed by atoms with E-state index in [1.54, 1.807) is 18.2 Å². The molecule has 3 aromatic rings. The second-order valence-corrected chi connectivity index (χ2v) is 11.4. The van der Waals surface area contributed by atoms with Crippen molar-refractivity contribution >= 4 is 52.6 Å². The Morgan fingerprint density at radius 3 is 2.45 bits per heavy atom. The number of carboxylic acid groups (broad SMARTS) is 2. The molecule has 1 heterocycles. The summed E-state index contributed by atoms with van der Waals surface area (Å²) in [6.07, 6.45) is 7.98. The summed E-state index contributed by atoms with van der Waals surface area (Å²) in [5.74, 6) is -0.870. The van der Waals surface area contributed by atoms with Gasteiger partial charge in [-0.3, -0.25) is 9.80 Å². The van der Waals surface area contributed by atoms with Gasteiger partial charge in [0.25, 0.3) is 0 Å². The first-order valence-corrected chi connectivity index (χ1v) is 14.7. The summed E-state index contributed by atoms with van der Waals surface area (Å²) < 4.78 is 6.23. The van der Waals surface area contributed by atoms with Crippen LogP contribution in [0.1, 0.15) is 60.5 Å². The van der Waals surface area contributed by atoms with E-state index in [1.807, 2.05) is 59.6 Å². The molecule has 1 aliphatic heterocycles. The maximum absolute atomic E-state index is 11.2. The van der Waals surface area contributed by atoms with Crippen LogP contribution >= 0.6 is 23.2 Å². The highest BCUT2D eigenvalue weighted by Crippen LogP contribution is 2.31. The molecule has 0 radical (unpaired) electrons. The van der Waals surface area contributed by atoms with Crippen LogP contribution in [0.2, 0.25) is 10.0 Å². The van der Waals surface area contributed by atoms with Crippen LogP contribution in [-0.2, 0) is 11.2 Å². The number of anilines is 1. The number of halogens is 2. The van der Waals surface area contributed by atoms with Crippen LogP contribution in [0.25, 0.3) is 6.08 Å². The fourth-order valence-corrected chi connectivity index (χ4v) is 5.49. The lowest BCUT2D eigenvalue weighted by atomic mass is 9.92. The van der Waals surface area contributed by atoms with Crippen LogP contribution in [0.4, 0.5) is 5.69 Å². The first-order chi connectivity index (χ1) is 20.2. The van der Waals surface area contributed by atoms with Crippen LogP contribution in [0.5, 0.6) is 5.75 Å². The van der Waals surface area contributed by atoms with Gasteiger partial charge in [-0.15, -0.1) is 0 Å². The second-order valence-electron chi connectivity index (χ2n) is 10.5. The predicted octanol–water partition coefficient (Wildman–Crippen LogP) is 8.24. The quantitative estimate of drug-likeness (QED) is 0.179. The number of aromatic carboxylic acids is 1. The number of unbranched alkanes of at least 4 members (excludes halogenated alkanes) is 1. The molecule has 42 heavy (non-hydrogen) atoms. The Labute approximate surface area is 256 Å². The van der Waals surface area contributed by atoms with Gasteiger partial charge in [-0.05, 0) is 74.1 Å². The van der Waals surface area contributed by atoms with E-state index in [9.17, 15) is 14.7 Å². The summed E-state index contributed by atoms with van der Waals surface area (Å²) in [5, 5.41) is 26.0. The Kier molecular flexibility index (Phi) is 11.0. The molecule has 9 heteroatoms. The molecule has 0 bridgehead atoms. The molecule has 2 atom stereocenters. The van der Waals surface area contributed by atoms with Crippen LogP contribution in [0, 0.1) is 5.92 Å². The average Bonchev–Trinajstić information content (AvgIpc) is 3.33. The topological polar surface area (TPSA) is 99.4 Å². The highest BCUT2D eigenvalue weighted by atomic mass is 35.5. The molecule has 0 aliphatic carbocycles. The van der Waals surface area contributed by atoms with E-state index >= 15 is 0 Å². The third kappa shape index (κ3) is 9.10. The van der Waals surface area contributed by atoms with Gasteiger partial charge < -0.3 is 14.9 Å². The maximum Gasteiger partial charge on any atom is 0.335 e. The van der Waals surface area contributed by atoms with E-state index in [4.69, 9.17) is 38.1 Å². The number of hydrogen-bond acceptors (Lipinski definition) is 5. The Morgan fingerprint density at radius 1 is 1.05 bits per heavy atom. The van der Waals surface area contributed by atoms with Gasteiger partial charge in [0.2, 0.25) is 0 Å². The van der Waals surface area contributed by atoms with Crippen molar-refractivity contribution in [1.82, 2.24) is 0 Å². The number of nitrogens with zero attached hydrogens (tertiary/aromatic N) is 2. The third-order valence-corrected chi connectivity index (χ3v) is 7.52. The van der Waals surface area contributed by atoms with Crippen molar-refractivity contribution in [3.05, 3.63) is 99.5 Å². The summed E-state index contributed by atoms with van der Waals surface area (Å²) in [6.45, 7) is 2.43. The third-order valence-electron chi connectivity index (χ3n) is 7.09. The minimum absolute atomic E-state index is 0.139. The molecule has 7 nitrogen and oxygen atoms in total. The minimum Gasteiger partial charge on any atom is -0.487 e. The molecule has 2 unspecified atom stereocenters. The van der Waals surface area contributed by atoms with E-state index < -0.39 is 11.9 Å². The number of carbonyl (C=O) groups is 2. The van der Waals surface area contributed by atoms with Crippen LogP contribution in [0.3, 0.4) is 0 Å². The largest absolute Gasteiger partial charge is 0.487 e. The van der Waals surface area contributed by atoms with E-state index in [0.29, 0.717) is 29.5 Å². The number of hydrogen-bond donors (Lipinski definition) is 2. The molecule has 0 aromatic heterocycles. The van der Waals surface area contributed by atoms with Crippen molar-refractivity contribution in [3.63, 3.8) is 0 Å².